The predicted octanol–water partition coefficient (Wildman–Crippen LogP) is 1.68. The average Bonchev–Trinajstić information content (AvgIpc) is 2.78. The summed E-state index contributed by atoms with van der Waals surface area (Å²) < 4.78 is 1.39. The fraction of sp³-hybridized carbons (Fsp3) is 0.583. The summed E-state index contributed by atoms with van der Waals surface area (Å²) in [6.45, 7) is 4.02. The first-order chi connectivity index (χ1) is 9.10. The first-order valence-corrected chi connectivity index (χ1v) is 8.29. The number of nitrogens with two attached hydrogens (primary N) is 1. The Morgan fingerprint density at radius 3 is 3.05 bits per heavy atom. The molecule has 2 heterocycles. The van der Waals surface area contributed by atoms with Gasteiger partial charge in [-0.15, -0.1) is 0 Å². The highest BCUT2D eigenvalue weighted by Gasteiger charge is 2.08. The SMILES string of the molecule is CCc1nn2c(=O)cc(CSCCC(C)N)nc2s1. The van der Waals surface area contributed by atoms with Crippen molar-refractivity contribution in [3.8, 4) is 0 Å². The van der Waals surface area contributed by atoms with Gasteiger partial charge < -0.3 is 5.73 Å². The second-order valence-corrected chi connectivity index (χ2v) is 6.59. The Labute approximate surface area is 120 Å². The minimum atomic E-state index is -0.0938. The van der Waals surface area contributed by atoms with Gasteiger partial charge in [-0.05, 0) is 25.5 Å². The molecule has 0 bridgehead atoms. The van der Waals surface area contributed by atoms with E-state index in [1.54, 1.807) is 17.8 Å². The van der Waals surface area contributed by atoms with Crippen LogP contribution in [0.25, 0.3) is 4.96 Å². The van der Waals surface area contributed by atoms with Gasteiger partial charge in [0.2, 0.25) is 4.96 Å². The third-order valence-electron chi connectivity index (χ3n) is 2.61. The zero-order valence-electron chi connectivity index (χ0n) is 11.1. The third-order valence-corrected chi connectivity index (χ3v) is 4.69. The topological polar surface area (TPSA) is 73.3 Å². The van der Waals surface area contributed by atoms with Crippen LogP contribution in [0.5, 0.6) is 0 Å². The molecule has 1 unspecified atom stereocenters. The molecule has 2 aromatic heterocycles. The van der Waals surface area contributed by atoms with Gasteiger partial charge in [0.15, 0.2) is 0 Å². The van der Waals surface area contributed by atoms with Crippen LogP contribution >= 0.6 is 23.1 Å². The molecule has 1 atom stereocenters. The molecule has 104 valence electrons. The average molecular weight is 298 g/mol. The molecule has 2 aromatic rings. The van der Waals surface area contributed by atoms with E-state index in [1.807, 2.05) is 13.8 Å². The van der Waals surface area contributed by atoms with E-state index in [9.17, 15) is 4.79 Å². The normalized spacial score (nSPS) is 13.0. The van der Waals surface area contributed by atoms with Crippen LogP contribution in [0, 0.1) is 0 Å². The standard InChI is InChI=1S/C12H18N4OS2/c1-3-10-15-16-11(17)6-9(14-12(16)19-10)7-18-5-4-8(2)13/h6,8H,3-5,7,13H2,1-2H3. The first kappa shape index (κ1) is 14.5. The molecular weight excluding hydrogens is 280 g/mol. The molecule has 0 aromatic carbocycles. The second-order valence-electron chi connectivity index (χ2n) is 4.45. The molecule has 0 radical (unpaired) electrons. The maximum absolute atomic E-state index is 11.9. The summed E-state index contributed by atoms with van der Waals surface area (Å²) in [4.78, 5) is 17.1. The van der Waals surface area contributed by atoms with Gasteiger partial charge in [-0.3, -0.25) is 4.79 Å². The van der Waals surface area contributed by atoms with E-state index in [-0.39, 0.29) is 11.6 Å². The fourth-order valence-corrected chi connectivity index (χ4v) is 3.46. The molecule has 2 rings (SSSR count). The van der Waals surface area contributed by atoms with Crippen molar-refractivity contribution in [3.05, 3.63) is 27.1 Å². The minimum Gasteiger partial charge on any atom is -0.328 e. The van der Waals surface area contributed by atoms with E-state index in [4.69, 9.17) is 5.73 Å². The molecule has 19 heavy (non-hydrogen) atoms. The molecule has 0 amide bonds. The number of fused-ring (bicyclic) bond motifs is 1. The molecule has 0 fully saturated rings. The molecule has 0 saturated carbocycles. The molecule has 7 heteroatoms. The Kier molecular flexibility index (Phi) is 4.95. The molecule has 0 aliphatic heterocycles. The number of nitrogens with zero attached hydrogens (tertiary/aromatic N) is 3. The van der Waals surface area contributed by atoms with Crippen LogP contribution in [0.3, 0.4) is 0 Å². The largest absolute Gasteiger partial charge is 0.328 e. The Hall–Kier alpha value is -0.920. The number of hydrogen-bond acceptors (Lipinski definition) is 6. The van der Waals surface area contributed by atoms with Crippen molar-refractivity contribution in [3.63, 3.8) is 0 Å². The van der Waals surface area contributed by atoms with Crippen molar-refractivity contribution < 1.29 is 0 Å². The zero-order valence-corrected chi connectivity index (χ0v) is 12.8. The van der Waals surface area contributed by atoms with Crippen molar-refractivity contribution in [1.29, 1.82) is 0 Å². The van der Waals surface area contributed by atoms with Crippen LogP contribution in [0.15, 0.2) is 10.9 Å². The fourth-order valence-electron chi connectivity index (χ4n) is 1.56. The van der Waals surface area contributed by atoms with Gasteiger partial charge >= 0.3 is 0 Å². The summed E-state index contributed by atoms with van der Waals surface area (Å²) in [6, 6.07) is 1.80. The summed E-state index contributed by atoms with van der Waals surface area (Å²) in [5.41, 5.74) is 6.43. The Morgan fingerprint density at radius 2 is 2.37 bits per heavy atom. The van der Waals surface area contributed by atoms with Crippen LogP contribution in [-0.2, 0) is 12.2 Å². The molecule has 5 nitrogen and oxygen atoms in total. The van der Waals surface area contributed by atoms with Gasteiger partial charge in [0.1, 0.15) is 5.01 Å². The van der Waals surface area contributed by atoms with Crippen molar-refractivity contribution in [2.75, 3.05) is 5.75 Å². The third kappa shape index (κ3) is 3.77. The number of aryl methyl sites for hydroxylation is 1. The second kappa shape index (κ2) is 6.49. The maximum atomic E-state index is 11.9. The van der Waals surface area contributed by atoms with E-state index in [0.29, 0.717) is 4.96 Å². The highest BCUT2D eigenvalue weighted by molar-refractivity contribution is 7.98. The Bertz CT molecular complexity index is 605. The van der Waals surface area contributed by atoms with E-state index < -0.39 is 0 Å². The monoisotopic (exact) mass is 298 g/mol. The summed E-state index contributed by atoms with van der Waals surface area (Å²) in [6.07, 6.45) is 1.80. The highest BCUT2D eigenvalue weighted by Crippen LogP contribution is 2.15. The Balaban J connectivity index is 2.09. The van der Waals surface area contributed by atoms with Gasteiger partial charge in [-0.25, -0.2) is 4.98 Å². The number of rotatable bonds is 6. The lowest BCUT2D eigenvalue weighted by Crippen LogP contribution is -2.16. The van der Waals surface area contributed by atoms with Gasteiger partial charge in [-0.2, -0.15) is 21.4 Å². The summed E-state index contributed by atoms with van der Waals surface area (Å²) in [5.74, 6) is 1.74. The minimum absolute atomic E-state index is 0.0938. The lowest BCUT2D eigenvalue weighted by Gasteiger charge is -2.04. The van der Waals surface area contributed by atoms with Crippen LogP contribution < -0.4 is 11.3 Å². The molecule has 0 spiro atoms. The summed E-state index contributed by atoms with van der Waals surface area (Å²) in [7, 11) is 0. The quantitative estimate of drug-likeness (QED) is 0.821. The van der Waals surface area contributed by atoms with Crippen molar-refractivity contribution in [1.82, 2.24) is 14.6 Å². The molecular formula is C12H18N4OS2. The number of aromatic nitrogens is 3. The highest BCUT2D eigenvalue weighted by atomic mass is 32.2. The maximum Gasteiger partial charge on any atom is 0.275 e. The van der Waals surface area contributed by atoms with Gasteiger partial charge in [-0.1, -0.05) is 18.3 Å². The van der Waals surface area contributed by atoms with E-state index in [1.165, 1.54) is 15.9 Å². The van der Waals surface area contributed by atoms with E-state index >= 15 is 0 Å². The predicted molar refractivity (Wildman–Crippen MR) is 80.9 cm³/mol. The molecule has 0 aliphatic rings. The van der Waals surface area contributed by atoms with Gasteiger partial charge in [0, 0.05) is 17.9 Å². The van der Waals surface area contributed by atoms with Crippen LogP contribution in [0.4, 0.5) is 0 Å². The number of hydrogen-bond donors (Lipinski definition) is 1. The van der Waals surface area contributed by atoms with Crippen molar-refractivity contribution in [2.45, 2.75) is 38.5 Å². The molecule has 0 saturated heterocycles. The lowest BCUT2D eigenvalue weighted by molar-refractivity contribution is 0.721. The van der Waals surface area contributed by atoms with E-state index in [0.717, 1.165) is 35.0 Å². The van der Waals surface area contributed by atoms with Crippen molar-refractivity contribution >= 4 is 28.1 Å². The van der Waals surface area contributed by atoms with Gasteiger partial charge in [0.05, 0.1) is 5.69 Å². The molecule has 2 N–H and O–H groups in total. The zero-order chi connectivity index (χ0) is 13.8. The smallest absolute Gasteiger partial charge is 0.275 e. The summed E-state index contributed by atoms with van der Waals surface area (Å²) >= 11 is 3.24. The number of thioether (sulfide) groups is 1. The first-order valence-electron chi connectivity index (χ1n) is 6.32. The summed E-state index contributed by atoms with van der Waals surface area (Å²) in [5, 5.41) is 5.16. The lowest BCUT2D eigenvalue weighted by atomic mass is 10.3. The van der Waals surface area contributed by atoms with Crippen LogP contribution in [0.1, 0.15) is 31.0 Å². The molecule has 0 aliphatic carbocycles. The van der Waals surface area contributed by atoms with Crippen LogP contribution in [0.2, 0.25) is 0 Å². The van der Waals surface area contributed by atoms with Crippen LogP contribution in [-0.4, -0.2) is 26.4 Å². The van der Waals surface area contributed by atoms with Gasteiger partial charge in [0.25, 0.3) is 5.56 Å². The Morgan fingerprint density at radius 1 is 1.58 bits per heavy atom. The van der Waals surface area contributed by atoms with E-state index in [2.05, 4.69) is 10.1 Å². The van der Waals surface area contributed by atoms with Crippen molar-refractivity contribution in [2.24, 2.45) is 5.73 Å².